The lowest BCUT2D eigenvalue weighted by Gasteiger charge is -2.24. The van der Waals surface area contributed by atoms with Crippen molar-refractivity contribution >= 4 is 40.1 Å². The van der Waals surface area contributed by atoms with E-state index < -0.39 is 6.04 Å². The van der Waals surface area contributed by atoms with E-state index in [9.17, 15) is 9.59 Å². The normalized spacial score (nSPS) is 20.6. The van der Waals surface area contributed by atoms with Crippen molar-refractivity contribution in [1.82, 2.24) is 5.32 Å². The fourth-order valence-corrected chi connectivity index (χ4v) is 2.52. The molecule has 1 heterocycles. The van der Waals surface area contributed by atoms with Gasteiger partial charge in [-0.05, 0) is 54.1 Å². The van der Waals surface area contributed by atoms with Gasteiger partial charge in [0.2, 0.25) is 11.8 Å². The molecule has 18 heavy (non-hydrogen) atoms. The van der Waals surface area contributed by atoms with Gasteiger partial charge in [-0.25, -0.2) is 0 Å². The van der Waals surface area contributed by atoms with E-state index in [0.717, 1.165) is 14.8 Å². The largest absolute Gasteiger partial charge is 0.345 e. The number of benzene rings is 1. The van der Waals surface area contributed by atoms with Crippen molar-refractivity contribution in [3.8, 4) is 0 Å². The molecule has 0 aromatic heterocycles. The fraction of sp³-hybridized carbons (Fsp3) is 0.385. The van der Waals surface area contributed by atoms with E-state index in [0.29, 0.717) is 13.0 Å². The van der Waals surface area contributed by atoms with Gasteiger partial charge in [0.15, 0.2) is 0 Å². The summed E-state index contributed by atoms with van der Waals surface area (Å²) in [6.45, 7) is 4.14. The first kappa shape index (κ1) is 13.3. The molecule has 0 bridgehead atoms. The molecule has 0 saturated carbocycles. The molecule has 0 radical (unpaired) electrons. The molecule has 96 valence electrons. The minimum Gasteiger partial charge on any atom is -0.345 e. The molecule has 4 nitrogen and oxygen atoms in total. The van der Waals surface area contributed by atoms with Crippen molar-refractivity contribution in [2.45, 2.75) is 26.3 Å². The molecular weight excluding hydrogens is 343 g/mol. The molecule has 1 N–H and O–H groups in total. The van der Waals surface area contributed by atoms with E-state index in [1.807, 2.05) is 25.1 Å². The number of hydrogen-bond donors (Lipinski definition) is 1. The predicted octanol–water partition coefficient (Wildman–Crippen LogP) is 1.84. The van der Waals surface area contributed by atoms with Gasteiger partial charge in [-0.2, -0.15) is 0 Å². The van der Waals surface area contributed by atoms with Gasteiger partial charge >= 0.3 is 0 Å². The Labute approximate surface area is 120 Å². The fourth-order valence-electron chi connectivity index (χ4n) is 2.05. The topological polar surface area (TPSA) is 49.4 Å². The molecule has 1 aliphatic heterocycles. The van der Waals surface area contributed by atoms with Crippen LogP contribution in [0.1, 0.15) is 18.9 Å². The second-order valence-corrected chi connectivity index (χ2v) is 5.71. The maximum atomic E-state index is 12.3. The van der Waals surface area contributed by atoms with Gasteiger partial charge in [0, 0.05) is 22.2 Å². The third-order valence-electron chi connectivity index (χ3n) is 3.04. The van der Waals surface area contributed by atoms with Crippen molar-refractivity contribution in [3.05, 3.63) is 27.3 Å². The molecule has 0 spiro atoms. The second kappa shape index (κ2) is 5.26. The molecular formula is C13H15IN2O2. The lowest BCUT2D eigenvalue weighted by atomic mass is 10.1. The Morgan fingerprint density at radius 3 is 2.83 bits per heavy atom. The van der Waals surface area contributed by atoms with E-state index in [1.165, 1.54) is 0 Å². The van der Waals surface area contributed by atoms with Gasteiger partial charge in [0.25, 0.3) is 0 Å². The molecule has 1 aromatic carbocycles. The van der Waals surface area contributed by atoms with Crippen LogP contribution in [0.5, 0.6) is 0 Å². The monoisotopic (exact) mass is 358 g/mol. The van der Waals surface area contributed by atoms with Crippen LogP contribution in [0.25, 0.3) is 0 Å². The van der Waals surface area contributed by atoms with E-state index in [-0.39, 0.29) is 11.8 Å². The number of anilines is 1. The summed E-state index contributed by atoms with van der Waals surface area (Å²) in [5.74, 6) is -0.118. The zero-order valence-electron chi connectivity index (χ0n) is 10.4. The third-order valence-corrected chi connectivity index (χ3v) is 3.71. The maximum Gasteiger partial charge on any atom is 0.249 e. The third kappa shape index (κ3) is 2.66. The molecule has 1 fully saturated rings. The van der Waals surface area contributed by atoms with Crippen LogP contribution >= 0.6 is 22.6 Å². The number of nitrogens with zero attached hydrogens (tertiary/aromatic N) is 1. The van der Waals surface area contributed by atoms with Crippen LogP contribution < -0.4 is 10.2 Å². The van der Waals surface area contributed by atoms with Gasteiger partial charge in [0.1, 0.15) is 6.04 Å². The Bertz CT molecular complexity index is 502. The summed E-state index contributed by atoms with van der Waals surface area (Å²) >= 11 is 2.22. The first-order valence-corrected chi connectivity index (χ1v) is 6.94. The van der Waals surface area contributed by atoms with E-state index in [4.69, 9.17) is 0 Å². The summed E-state index contributed by atoms with van der Waals surface area (Å²) in [6, 6.07) is 5.53. The van der Waals surface area contributed by atoms with Crippen molar-refractivity contribution in [3.63, 3.8) is 0 Å². The van der Waals surface area contributed by atoms with Crippen LogP contribution in [0.4, 0.5) is 5.69 Å². The highest BCUT2D eigenvalue weighted by molar-refractivity contribution is 14.1. The Morgan fingerprint density at radius 2 is 2.11 bits per heavy atom. The molecule has 1 aromatic rings. The number of carbonyl (C=O) groups is 2. The number of amides is 2. The minimum atomic E-state index is -0.461. The summed E-state index contributed by atoms with van der Waals surface area (Å²) < 4.78 is 1.08. The average molecular weight is 358 g/mol. The quantitative estimate of drug-likeness (QED) is 0.779. The predicted molar refractivity (Wildman–Crippen MR) is 78.5 cm³/mol. The van der Waals surface area contributed by atoms with Crippen molar-refractivity contribution in [2.24, 2.45) is 0 Å². The van der Waals surface area contributed by atoms with Gasteiger partial charge in [0.05, 0.1) is 0 Å². The first-order chi connectivity index (χ1) is 8.49. The van der Waals surface area contributed by atoms with E-state index in [2.05, 4.69) is 27.9 Å². The van der Waals surface area contributed by atoms with E-state index >= 15 is 0 Å². The van der Waals surface area contributed by atoms with Crippen LogP contribution in [0, 0.1) is 10.5 Å². The van der Waals surface area contributed by atoms with Crippen LogP contribution in [0.3, 0.4) is 0 Å². The van der Waals surface area contributed by atoms with Gasteiger partial charge in [-0.15, -0.1) is 0 Å². The lowest BCUT2D eigenvalue weighted by molar-refractivity contribution is -0.125. The van der Waals surface area contributed by atoms with Crippen LogP contribution in [-0.2, 0) is 9.59 Å². The zero-order valence-corrected chi connectivity index (χ0v) is 12.5. The molecule has 2 rings (SSSR count). The number of hydrogen-bond acceptors (Lipinski definition) is 2. The Balaban J connectivity index is 2.38. The number of rotatable bonds is 1. The molecule has 1 aliphatic rings. The summed E-state index contributed by atoms with van der Waals surface area (Å²) in [6.07, 6.45) is 0.348. The highest BCUT2D eigenvalue weighted by Gasteiger charge is 2.28. The van der Waals surface area contributed by atoms with Crippen LogP contribution in [-0.4, -0.2) is 24.4 Å². The van der Waals surface area contributed by atoms with Crippen molar-refractivity contribution < 1.29 is 9.59 Å². The first-order valence-electron chi connectivity index (χ1n) is 5.86. The Hall–Kier alpha value is -1.11. The Morgan fingerprint density at radius 1 is 1.39 bits per heavy atom. The van der Waals surface area contributed by atoms with Crippen LogP contribution in [0.2, 0.25) is 0 Å². The molecule has 1 unspecified atom stereocenters. The molecule has 2 amide bonds. The number of carbonyl (C=O) groups excluding carboxylic acids is 2. The standard InChI is InChI=1S/C13H15IN2O2/c1-8-3-4-10(14)7-11(8)16-6-5-12(17)15-9(2)13(16)18/h3-4,7,9H,5-6H2,1-2H3,(H,15,17). The van der Waals surface area contributed by atoms with E-state index in [1.54, 1.807) is 11.8 Å². The highest BCUT2D eigenvalue weighted by Crippen LogP contribution is 2.24. The summed E-state index contributed by atoms with van der Waals surface area (Å²) in [7, 11) is 0. The number of aryl methyl sites for hydroxylation is 1. The summed E-state index contributed by atoms with van der Waals surface area (Å²) in [5.41, 5.74) is 1.94. The highest BCUT2D eigenvalue weighted by atomic mass is 127. The van der Waals surface area contributed by atoms with Crippen molar-refractivity contribution in [1.29, 1.82) is 0 Å². The molecule has 5 heteroatoms. The van der Waals surface area contributed by atoms with Gasteiger partial charge in [-0.3, -0.25) is 9.59 Å². The Kier molecular flexibility index (Phi) is 3.89. The summed E-state index contributed by atoms with van der Waals surface area (Å²) in [4.78, 5) is 25.4. The second-order valence-electron chi connectivity index (χ2n) is 4.46. The number of halogens is 1. The van der Waals surface area contributed by atoms with Gasteiger partial charge in [-0.1, -0.05) is 6.07 Å². The molecule has 1 saturated heterocycles. The SMILES string of the molecule is Cc1ccc(I)cc1N1CCC(=O)NC(C)C1=O. The minimum absolute atomic E-state index is 0.0500. The lowest BCUT2D eigenvalue weighted by Crippen LogP contribution is -2.43. The molecule has 1 atom stereocenters. The summed E-state index contributed by atoms with van der Waals surface area (Å²) in [5, 5.41) is 2.69. The maximum absolute atomic E-state index is 12.3. The van der Waals surface area contributed by atoms with Crippen LogP contribution in [0.15, 0.2) is 18.2 Å². The van der Waals surface area contributed by atoms with Crippen molar-refractivity contribution in [2.75, 3.05) is 11.4 Å². The average Bonchev–Trinajstić information content (AvgIpc) is 2.44. The number of nitrogens with one attached hydrogen (secondary N) is 1. The zero-order chi connectivity index (χ0) is 13.3. The van der Waals surface area contributed by atoms with Gasteiger partial charge < -0.3 is 10.2 Å². The molecule has 0 aliphatic carbocycles. The smallest absolute Gasteiger partial charge is 0.249 e.